The number of rotatable bonds is 11. The van der Waals surface area contributed by atoms with Gasteiger partial charge in [-0.1, -0.05) is 0 Å². The molecule has 0 fully saturated rings. The van der Waals surface area contributed by atoms with Gasteiger partial charge in [-0.2, -0.15) is 0 Å². The molecular weight excluding hydrogens is 358 g/mol. The van der Waals surface area contributed by atoms with Crippen molar-refractivity contribution in [2.24, 2.45) is 0 Å². The maximum absolute atomic E-state index is 11.6. The minimum Gasteiger partial charge on any atom is -0.520 e. The van der Waals surface area contributed by atoms with Crippen molar-refractivity contribution in [1.29, 1.82) is 0 Å². The summed E-state index contributed by atoms with van der Waals surface area (Å²) in [5, 5.41) is 20.3. The Hall–Kier alpha value is -2.13. The highest BCUT2D eigenvalue weighted by Gasteiger charge is 2.20. The zero-order chi connectivity index (χ0) is 19.7. The van der Waals surface area contributed by atoms with E-state index in [2.05, 4.69) is 0 Å². The third-order valence-electron chi connectivity index (χ3n) is 3.43. The molecule has 1 aromatic rings. The van der Waals surface area contributed by atoms with Crippen LogP contribution < -0.4 is 9.47 Å². The number of nitro benzene ring substituents is 1. The molecule has 0 saturated heterocycles. The number of carbonyl (C=O) groups is 1. The van der Waals surface area contributed by atoms with Crippen molar-refractivity contribution in [2.75, 3.05) is 13.7 Å². The number of benzene rings is 1. The van der Waals surface area contributed by atoms with E-state index in [1.54, 1.807) is 0 Å². The lowest BCUT2D eigenvalue weighted by molar-refractivity contribution is -0.385. The van der Waals surface area contributed by atoms with Gasteiger partial charge >= 0.3 is 0 Å². The number of hydrogen-bond acceptors (Lipinski definition) is 7. The van der Waals surface area contributed by atoms with Gasteiger partial charge in [-0.3, -0.25) is 14.9 Å². The number of hydrogen-bond donors (Lipinski definition) is 1. The summed E-state index contributed by atoms with van der Waals surface area (Å²) in [6, 6.07) is 2.66. The maximum atomic E-state index is 11.6. The van der Waals surface area contributed by atoms with Crippen molar-refractivity contribution in [1.82, 2.24) is 0 Å². The topological polar surface area (TPSA) is 108 Å². The zero-order valence-corrected chi connectivity index (χ0v) is 16.7. The molecule has 0 aliphatic heterocycles. The summed E-state index contributed by atoms with van der Waals surface area (Å²) < 4.78 is 16.1. The van der Waals surface area contributed by atoms with E-state index in [9.17, 15) is 20.0 Å². The quantitative estimate of drug-likeness (QED) is 0.269. The average molecular weight is 385 g/mol. The third-order valence-corrected chi connectivity index (χ3v) is 4.27. The highest BCUT2D eigenvalue weighted by molar-refractivity contribution is 6.71. The van der Waals surface area contributed by atoms with Crippen LogP contribution in [0.5, 0.6) is 11.5 Å². The Morgan fingerprint density at radius 1 is 1.19 bits per heavy atom. The molecule has 0 saturated carbocycles. The fourth-order valence-electron chi connectivity index (χ4n) is 2.28. The summed E-state index contributed by atoms with van der Waals surface area (Å²) >= 11 is 0. The van der Waals surface area contributed by atoms with E-state index in [-0.39, 0.29) is 23.0 Å². The van der Waals surface area contributed by atoms with Crippen LogP contribution in [0.4, 0.5) is 5.69 Å². The summed E-state index contributed by atoms with van der Waals surface area (Å²) in [6.45, 7) is 5.78. The van der Waals surface area contributed by atoms with Crippen LogP contribution in [0.25, 0.3) is 0 Å². The van der Waals surface area contributed by atoms with Crippen LogP contribution in [0.3, 0.4) is 0 Å². The Bertz CT molecular complexity index is 628. The lowest BCUT2D eigenvalue weighted by Crippen LogP contribution is -2.28. The van der Waals surface area contributed by atoms with Crippen LogP contribution >= 0.6 is 0 Å². The summed E-state index contributed by atoms with van der Waals surface area (Å²) in [4.78, 5) is 22.1. The normalized spacial score (nSPS) is 11.1. The molecule has 0 radical (unpaired) electrons. The molecule has 1 N–H and O–H groups in total. The highest BCUT2D eigenvalue weighted by Crippen LogP contribution is 2.34. The van der Waals surface area contributed by atoms with Gasteiger partial charge in [0.15, 0.2) is 11.5 Å². The second kappa shape index (κ2) is 10.1. The van der Waals surface area contributed by atoms with Gasteiger partial charge in [-0.15, -0.1) is 0 Å². The van der Waals surface area contributed by atoms with Crippen molar-refractivity contribution < 1.29 is 28.7 Å². The molecule has 0 heterocycles. The standard InChI is InChI=1S/C17H27NO7Si/c1-23-15-10-13(12-19)14(18(21)22)11-16(15)24-9-7-5-6-8-17(20)25-26(2,3)4/h10-11,19H,5-9,12H2,1-4H3. The molecule has 0 amide bonds. The summed E-state index contributed by atoms with van der Waals surface area (Å²) in [7, 11) is -0.404. The number of nitro groups is 1. The van der Waals surface area contributed by atoms with E-state index in [4.69, 9.17) is 13.9 Å². The van der Waals surface area contributed by atoms with E-state index in [1.807, 2.05) is 19.6 Å². The van der Waals surface area contributed by atoms with Gasteiger partial charge in [-0.05, 0) is 45.0 Å². The van der Waals surface area contributed by atoms with E-state index in [1.165, 1.54) is 19.2 Å². The second-order valence-corrected chi connectivity index (χ2v) is 11.2. The summed E-state index contributed by atoms with van der Waals surface area (Å²) in [5.41, 5.74) is -0.0440. The van der Waals surface area contributed by atoms with Gasteiger partial charge in [0, 0.05) is 6.42 Å². The maximum Gasteiger partial charge on any atom is 0.292 e. The largest absolute Gasteiger partial charge is 0.520 e. The summed E-state index contributed by atoms with van der Waals surface area (Å²) in [6.07, 6.45) is 2.55. The number of carbonyl (C=O) groups excluding carboxylic acids is 1. The average Bonchev–Trinajstić information content (AvgIpc) is 2.55. The Morgan fingerprint density at radius 3 is 2.42 bits per heavy atom. The van der Waals surface area contributed by atoms with Gasteiger partial charge < -0.3 is 19.0 Å². The lowest BCUT2D eigenvalue weighted by atomic mass is 10.1. The van der Waals surface area contributed by atoms with Crippen LogP contribution in [-0.2, 0) is 15.8 Å². The predicted octanol–water partition coefficient (Wildman–Crippen LogP) is 3.41. The molecule has 146 valence electrons. The molecule has 0 bridgehead atoms. The minimum atomic E-state index is -1.83. The van der Waals surface area contributed by atoms with Crippen LogP contribution in [0, 0.1) is 10.1 Å². The Kier molecular flexibility index (Phi) is 8.53. The molecular formula is C17H27NO7Si. The van der Waals surface area contributed by atoms with E-state index < -0.39 is 19.8 Å². The number of aliphatic hydroxyl groups excluding tert-OH is 1. The zero-order valence-electron chi connectivity index (χ0n) is 15.7. The molecule has 9 heteroatoms. The van der Waals surface area contributed by atoms with Crippen LogP contribution in [0.2, 0.25) is 19.6 Å². The lowest BCUT2D eigenvalue weighted by Gasteiger charge is -2.17. The summed E-state index contributed by atoms with van der Waals surface area (Å²) in [5.74, 6) is 0.426. The first kappa shape index (κ1) is 21.9. The van der Waals surface area contributed by atoms with Crippen molar-refractivity contribution in [3.05, 3.63) is 27.8 Å². The van der Waals surface area contributed by atoms with Gasteiger partial charge in [0.1, 0.15) is 0 Å². The fourth-order valence-corrected chi connectivity index (χ4v) is 3.07. The van der Waals surface area contributed by atoms with Crippen molar-refractivity contribution in [3.63, 3.8) is 0 Å². The van der Waals surface area contributed by atoms with E-state index in [0.717, 1.165) is 6.42 Å². The Morgan fingerprint density at radius 2 is 1.88 bits per heavy atom. The number of ether oxygens (including phenoxy) is 2. The van der Waals surface area contributed by atoms with Crippen LogP contribution in [0.15, 0.2) is 12.1 Å². The van der Waals surface area contributed by atoms with Crippen molar-refractivity contribution >= 4 is 20.0 Å². The second-order valence-electron chi connectivity index (χ2n) is 6.79. The molecule has 0 atom stereocenters. The minimum absolute atomic E-state index is 0.165. The number of nitrogens with zero attached hydrogens (tertiary/aromatic N) is 1. The molecule has 0 aliphatic carbocycles. The first-order valence-electron chi connectivity index (χ1n) is 8.48. The molecule has 26 heavy (non-hydrogen) atoms. The molecule has 0 aliphatic rings. The molecule has 1 aromatic carbocycles. The number of methoxy groups -OCH3 is 1. The monoisotopic (exact) mass is 385 g/mol. The fraction of sp³-hybridized carbons (Fsp3) is 0.588. The van der Waals surface area contributed by atoms with E-state index >= 15 is 0 Å². The molecule has 0 unspecified atom stereocenters. The Labute approximate surface area is 154 Å². The third kappa shape index (κ3) is 7.40. The van der Waals surface area contributed by atoms with Crippen molar-refractivity contribution in [3.8, 4) is 11.5 Å². The van der Waals surface area contributed by atoms with E-state index in [0.29, 0.717) is 31.6 Å². The van der Waals surface area contributed by atoms with Gasteiger partial charge in [0.25, 0.3) is 11.7 Å². The van der Waals surface area contributed by atoms with Crippen molar-refractivity contribution in [2.45, 2.75) is 51.9 Å². The van der Waals surface area contributed by atoms with Gasteiger partial charge in [0.05, 0.1) is 36.9 Å². The van der Waals surface area contributed by atoms with Gasteiger partial charge in [-0.25, -0.2) is 0 Å². The smallest absolute Gasteiger partial charge is 0.292 e. The number of unbranched alkanes of at least 4 members (excludes halogenated alkanes) is 2. The number of aliphatic hydroxyl groups is 1. The van der Waals surface area contributed by atoms with Crippen LogP contribution in [0.1, 0.15) is 31.2 Å². The highest BCUT2D eigenvalue weighted by atomic mass is 28.4. The van der Waals surface area contributed by atoms with Crippen LogP contribution in [-0.4, -0.2) is 38.0 Å². The predicted molar refractivity (Wildman–Crippen MR) is 99.0 cm³/mol. The SMILES string of the molecule is COc1cc(CO)c([N+](=O)[O-])cc1OCCCCCC(=O)O[Si](C)(C)C. The molecule has 0 aromatic heterocycles. The first-order valence-corrected chi connectivity index (χ1v) is 11.9. The Balaban J connectivity index is 2.49. The first-order chi connectivity index (χ1) is 12.2. The van der Waals surface area contributed by atoms with Gasteiger partial charge in [0.2, 0.25) is 8.32 Å². The molecule has 0 spiro atoms. The molecule has 1 rings (SSSR count). The molecule has 8 nitrogen and oxygen atoms in total.